The first-order valence-electron chi connectivity index (χ1n) is 4.86. The van der Waals surface area contributed by atoms with Crippen molar-refractivity contribution in [3.63, 3.8) is 0 Å². The Kier molecular flexibility index (Phi) is 3.05. The summed E-state index contributed by atoms with van der Waals surface area (Å²) in [5.41, 5.74) is 1.19. The summed E-state index contributed by atoms with van der Waals surface area (Å²) in [7, 11) is 0. The van der Waals surface area contributed by atoms with Crippen molar-refractivity contribution in [3.8, 4) is 0 Å². The number of nitrogens with zero attached hydrogens (tertiary/aromatic N) is 3. The van der Waals surface area contributed by atoms with Crippen LogP contribution in [0.15, 0.2) is 24.8 Å². The Balaban J connectivity index is 2.30. The monoisotopic (exact) mass is 238 g/mol. The third kappa shape index (κ3) is 1.99. The second kappa shape index (κ2) is 4.49. The average molecular weight is 239 g/mol. The third-order valence-electron chi connectivity index (χ3n) is 2.18. The van der Waals surface area contributed by atoms with Gasteiger partial charge in [0.25, 0.3) is 5.91 Å². The van der Waals surface area contributed by atoms with Gasteiger partial charge in [-0.2, -0.15) is 5.10 Å². The number of nitrogens with one attached hydrogen (secondary N) is 1. The van der Waals surface area contributed by atoms with Crippen molar-refractivity contribution in [2.75, 3.05) is 5.88 Å². The maximum absolute atomic E-state index is 11.8. The van der Waals surface area contributed by atoms with E-state index in [0.717, 1.165) is 0 Å². The molecule has 0 fully saturated rings. The Hall–Kier alpha value is -1.62. The predicted molar refractivity (Wildman–Crippen MR) is 60.6 cm³/mol. The molecular weight excluding hydrogens is 228 g/mol. The molecule has 1 atom stereocenters. The highest BCUT2D eigenvalue weighted by atomic mass is 35.5. The minimum absolute atomic E-state index is 0.0687. The number of fused-ring (bicyclic) bond motifs is 1. The number of rotatable bonds is 3. The summed E-state index contributed by atoms with van der Waals surface area (Å²) in [6, 6.07) is -0.0687. The van der Waals surface area contributed by atoms with Gasteiger partial charge >= 0.3 is 0 Å². The summed E-state index contributed by atoms with van der Waals surface area (Å²) in [5.74, 6) is 0.194. The Morgan fingerprint density at radius 2 is 2.44 bits per heavy atom. The second-order valence-electron chi connectivity index (χ2n) is 3.49. The zero-order valence-corrected chi connectivity index (χ0v) is 9.48. The molecule has 1 unspecified atom stereocenters. The molecule has 0 aliphatic rings. The summed E-state index contributed by atoms with van der Waals surface area (Å²) in [6.07, 6.45) is 6.43. The summed E-state index contributed by atoms with van der Waals surface area (Å²) >= 11 is 5.63. The second-order valence-corrected chi connectivity index (χ2v) is 3.80. The highest BCUT2D eigenvalue weighted by molar-refractivity contribution is 6.18. The summed E-state index contributed by atoms with van der Waals surface area (Å²) in [6.45, 7) is 1.84. The van der Waals surface area contributed by atoms with Crippen molar-refractivity contribution in [3.05, 3.63) is 30.4 Å². The molecule has 1 N–H and O–H groups in total. The van der Waals surface area contributed by atoms with E-state index < -0.39 is 0 Å². The lowest BCUT2D eigenvalue weighted by atomic mass is 10.2. The van der Waals surface area contributed by atoms with Crippen LogP contribution in [0.25, 0.3) is 5.52 Å². The fourth-order valence-electron chi connectivity index (χ4n) is 1.35. The van der Waals surface area contributed by atoms with Crippen LogP contribution in [0.1, 0.15) is 17.3 Å². The third-order valence-corrected chi connectivity index (χ3v) is 2.64. The first kappa shape index (κ1) is 10.9. The smallest absolute Gasteiger partial charge is 0.255 e. The van der Waals surface area contributed by atoms with Crippen LogP contribution in [-0.4, -0.2) is 32.4 Å². The molecule has 0 saturated heterocycles. The number of carbonyl (C=O) groups excluding carboxylic acids is 1. The number of carbonyl (C=O) groups is 1. The van der Waals surface area contributed by atoms with Crippen LogP contribution in [0.3, 0.4) is 0 Å². The number of halogens is 1. The molecule has 2 aromatic heterocycles. The molecule has 0 saturated carbocycles. The molecule has 2 heterocycles. The number of amides is 1. The minimum Gasteiger partial charge on any atom is -0.348 e. The van der Waals surface area contributed by atoms with Crippen molar-refractivity contribution in [2.24, 2.45) is 0 Å². The molecule has 84 valence electrons. The molecule has 2 aromatic rings. The minimum atomic E-state index is -0.184. The van der Waals surface area contributed by atoms with Crippen LogP contribution >= 0.6 is 11.6 Å². The highest BCUT2D eigenvalue weighted by Crippen LogP contribution is 2.08. The number of hydrogen-bond donors (Lipinski definition) is 1. The molecule has 5 nitrogen and oxygen atoms in total. The van der Waals surface area contributed by atoms with Crippen LogP contribution in [0.4, 0.5) is 0 Å². The normalized spacial score (nSPS) is 12.6. The van der Waals surface area contributed by atoms with Gasteiger partial charge in [-0.1, -0.05) is 0 Å². The molecule has 2 rings (SSSR count). The Morgan fingerprint density at radius 1 is 1.62 bits per heavy atom. The van der Waals surface area contributed by atoms with E-state index in [1.807, 2.05) is 6.92 Å². The predicted octanol–water partition coefficient (Wildman–Crippen LogP) is 1.09. The van der Waals surface area contributed by atoms with Gasteiger partial charge in [-0.05, 0) is 6.92 Å². The number of hydrogen-bond acceptors (Lipinski definition) is 3. The zero-order chi connectivity index (χ0) is 11.5. The van der Waals surface area contributed by atoms with Gasteiger partial charge in [0.2, 0.25) is 0 Å². The summed E-state index contributed by atoms with van der Waals surface area (Å²) in [5, 5.41) is 6.83. The van der Waals surface area contributed by atoms with E-state index >= 15 is 0 Å². The van der Waals surface area contributed by atoms with E-state index in [2.05, 4.69) is 15.4 Å². The fraction of sp³-hybridized carbons (Fsp3) is 0.300. The molecule has 0 bridgehead atoms. The molecule has 0 aliphatic heterocycles. The van der Waals surface area contributed by atoms with E-state index in [-0.39, 0.29) is 11.9 Å². The highest BCUT2D eigenvalue weighted by Gasteiger charge is 2.14. The first-order valence-corrected chi connectivity index (χ1v) is 5.40. The zero-order valence-electron chi connectivity index (χ0n) is 8.72. The van der Waals surface area contributed by atoms with Gasteiger partial charge in [-0.25, -0.2) is 4.52 Å². The summed E-state index contributed by atoms with van der Waals surface area (Å²) < 4.78 is 1.60. The van der Waals surface area contributed by atoms with E-state index in [1.165, 1.54) is 6.20 Å². The van der Waals surface area contributed by atoms with Crippen molar-refractivity contribution in [2.45, 2.75) is 13.0 Å². The van der Waals surface area contributed by atoms with Crippen LogP contribution in [0, 0.1) is 0 Å². The molecule has 1 amide bonds. The molecular formula is C10H11ClN4O. The lowest BCUT2D eigenvalue weighted by Gasteiger charge is -2.08. The quantitative estimate of drug-likeness (QED) is 0.815. The lowest BCUT2D eigenvalue weighted by molar-refractivity contribution is 0.0945. The van der Waals surface area contributed by atoms with Gasteiger partial charge in [0.1, 0.15) is 0 Å². The number of alkyl halides is 1. The molecule has 6 heteroatoms. The van der Waals surface area contributed by atoms with Crippen molar-refractivity contribution >= 4 is 23.0 Å². The van der Waals surface area contributed by atoms with Crippen LogP contribution in [-0.2, 0) is 0 Å². The largest absolute Gasteiger partial charge is 0.348 e. The van der Waals surface area contributed by atoms with Gasteiger partial charge in [0.05, 0.1) is 23.5 Å². The van der Waals surface area contributed by atoms with Crippen LogP contribution in [0.2, 0.25) is 0 Å². The van der Waals surface area contributed by atoms with Gasteiger partial charge in [-0.3, -0.25) is 9.78 Å². The topological polar surface area (TPSA) is 59.3 Å². The molecule has 0 spiro atoms. The average Bonchev–Trinajstić information content (AvgIpc) is 2.72. The lowest BCUT2D eigenvalue weighted by Crippen LogP contribution is -2.33. The Morgan fingerprint density at radius 3 is 3.19 bits per heavy atom. The number of aromatic nitrogens is 3. The van der Waals surface area contributed by atoms with E-state index in [0.29, 0.717) is 17.0 Å². The fourth-order valence-corrected chi connectivity index (χ4v) is 1.43. The standard InChI is InChI=1S/C10H11ClN4O/c1-7(4-11)14-10(16)8-5-13-15-3-2-12-6-9(8)15/h2-3,5-7H,4H2,1H3,(H,14,16). The van der Waals surface area contributed by atoms with E-state index in [9.17, 15) is 4.79 Å². The molecule has 16 heavy (non-hydrogen) atoms. The van der Waals surface area contributed by atoms with Crippen LogP contribution in [0.5, 0.6) is 0 Å². The maximum atomic E-state index is 11.8. The van der Waals surface area contributed by atoms with E-state index in [4.69, 9.17) is 11.6 Å². The van der Waals surface area contributed by atoms with Crippen molar-refractivity contribution in [1.29, 1.82) is 0 Å². The van der Waals surface area contributed by atoms with Gasteiger partial charge < -0.3 is 5.32 Å². The van der Waals surface area contributed by atoms with Crippen molar-refractivity contribution < 1.29 is 4.79 Å². The Labute approximate surface area is 97.4 Å². The molecule has 0 aromatic carbocycles. The van der Waals surface area contributed by atoms with Gasteiger partial charge in [-0.15, -0.1) is 11.6 Å². The molecule has 0 aliphatic carbocycles. The SMILES string of the molecule is CC(CCl)NC(=O)c1cnn2ccncc12. The Bertz CT molecular complexity index is 510. The summed E-state index contributed by atoms with van der Waals surface area (Å²) in [4.78, 5) is 15.8. The first-order chi connectivity index (χ1) is 7.72. The van der Waals surface area contributed by atoms with Gasteiger partial charge in [0.15, 0.2) is 0 Å². The maximum Gasteiger partial charge on any atom is 0.255 e. The van der Waals surface area contributed by atoms with Gasteiger partial charge in [0, 0.05) is 24.3 Å². The van der Waals surface area contributed by atoms with Crippen LogP contribution < -0.4 is 5.32 Å². The molecule has 0 radical (unpaired) electrons. The van der Waals surface area contributed by atoms with E-state index in [1.54, 1.807) is 23.1 Å². The van der Waals surface area contributed by atoms with Crippen molar-refractivity contribution in [1.82, 2.24) is 19.9 Å².